The Bertz CT molecular complexity index is 532. The molecule has 0 saturated carbocycles. The van der Waals surface area contributed by atoms with Crippen molar-refractivity contribution in [2.75, 3.05) is 13.1 Å². The summed E-state index contributed by atoms with van der Waals surface area (Å²) in [5, 5.41) is 4.17. The summed E-state index contributed by atoms with van der Waals surface area (Å²) in [4.78, 5) is 2.46. The predicted molar refractivity (Wildman–Crippen MR) is 87.7 cm³/mol. The van der Waals surface area contributed by atoms with Crippen LogP contribution in [-0.2, 0) is 0 Å². The largest absolute Gasteiger partial charge is 0.325 e. The van der Waals surface area contributed by atoms with Gasteiger partial charge in [0.15, 0.2) is 0 Å². The molecular formula is C16H24N4S. The number of hydrogen-bond donors (Lipinski definition) is 3. The first-order chi connectivity index (χ1) is 9.99. The molecule has 2 unspecified atom stereocenters. The van der Waals surface area contributed by atoms with Gasteiger partial charge in [0.25, 0.3) is 0 Å². The molecule has 1 aromatic rings. The molecule has 0 aromatic carbocycles. The van der Waals surface area contributed by atoms with Crippen molar-refractivity contribution in [2.45, 2.75) is 50.4 Å². The van der Waals surface area contributed by atoms with E-state index in [1.54, 1.807) is 11.3 Å². The monoisotopic (exact) mass is 304 g/mol. The number of nitrogens with zero attached hydrogens (tertiary/aromatic N) is 1. The third-order valence-corrected chi connectivity index (χ3v) is 5.19. The highest BCUT2D eigenvalue weighted by atomic mass is 32.1. The molecule has 2 saturated heterocycles. The van der Waals surface area contributed by atoms with Crippen molar-refractivity contribution in [2.24, 2.45) is 5.73 Å². The normalized spacial score (nSPS) is 32.6. The Morgan fingerprint density at radius 3 is 2.76 bits per heavy atom. The van der Waals surface area contributed by atoms with E-state index >= 15 is 0 Å². The Hall–Kier alpha value is -0.900. The van der Waals surface area contributed by atoms with Crippen LogP contribution in [0.1, 0.15) is 38.7 Å². The van der Waals surface area contributed by atoms with Gasteiger partial charge in [-0.2, -0.15) is 11.3 Å². The molecule has 114 valence electrons. The SMILES string of the molecule is CC1CC(C#Cc2ccsc2)(N2CCC(C)(N)CC2)NN1. The molecule has 0 radical (unpaired) electrons. The van der Waals surface area contributed by atoms with Gasteiger partial charge in [-0.1, -0.05) is 11.8 Å². The Morgan fingerprint density at radius 2 is 2.19 bits per heavy atom. The fourth-order valence-corrected chi connectivity index (χ4v) is 3.66. The zero-order valence-electron chi connectivity index (χ0n) is 12.8. The second kappa shape index (κ2) is 5.71. The molecular weight excluding hydrogens is 280 g/mol. The van der Waals surface area contributed by atoms with Crippen LogP contribution in [0.15, 0.2) is 16.8 Å². The molecule has 2 aliphatic heterocycles. The van der Waals surface area contributed by atoms with Crippen molar-refractivity contribution < 1.29 is 0 Å². The van der Waals surface area contributed by atoms with E-state index in [2.05, 4.69) is 58.3 Å². The molecule has 2 atom stereocenters. The van der Waals surface area contributed by atoms with E-state index in [1.165, 1.54) is 0 Å². The fraction of sp³-hybridized carbons (Fsp3) is 0.625. The fourth-order valence-electron chi connectivity index (χ4n) is 3.07. The Morgan fingerprint density at radius 1 is 1.43 bits per heavy atom. The summed E-state index contributed by atoms with van der Waals surface area (Å²) >= 11 is 1.69. The van der Waals surface area contributed by atoms with Gasteiger partial charge in [0, 0.05) is 42.0 Å². The van der Waals surface area contributed by atoms with E-state index in [0.29, 0.717) is 6.04 Å². The number of hydrogen-bond acceptors (Lipinski definition) is 5. The molecule has 2 aliphatic rings. The second-order valence-electron chi connectivity index (χ2n) is 6.64. The van der Waals surface area contributed by atoms with E-state index in [0.717, 1.165) is 37.9 Å². The number of nitrogens with one attached hydrogen (secondary N) is 2. The summed E-state index contributed by atoms with van der Waals surface area (Å²) in [6.45, 7) is 6.33. The highest BCUT2D eigenvalue weighted by Gasteiger charge is 2.43. The maximum absolute atomic E-state index is 6.26. The molecule has 5 heteroatoms. The maximum Gasteiger partial charge on any atom is 0.149 e. The first-order valence-corrected chi connectivity index (χ1v) is 8.55. The highest BCUT2D eigenvalue weighted by molar-refractivity contribution is 7.08. The average Bonchev–Trinajstić information content (AvgIpc) is 3.07. The van der Waals surface area contributed by atoms with E-state index < -0.39 is 0 Å². The lowest BCUT2D eigenvalue weighted by molar-refractivity contribution is 0.0688. The standard InChI is InChI=1S/C16H24N4S/c1-13-11-16(19-18-13,5-3-14-4-10-21-12-14)20-8-6-15(2,17)7-9-20/h4,10,12-13,18-19H,6-9,11,17H2,1-2H3. The predicted octanol–water partition coefficient (Wildman–Crippen LogP) is 1.50. The third-order valence-electron chi connectivity index (χ3n) is 4.51. The molecule has 3 rings (SSSR count). The minimum absolute atomic E-state index is 0.0316. The van der Waals surface area contributed by atoms with E-state index in [4.69, 9.17) is 5.73 Å². The molecule has 0 aliphatic carbocycles. The zero-order valence-corrected chi connectivity index (χ0v) is 13.6. The van der Waals surface area contributed by atoms with Gasteiger partial charge in [-0.05, 0) is 38.1 Å². The minimum atomic E-state index is -0.266. The van der Waals surface area contributed by atoms with Crippen molar-refractivity contribution >= 4 is 11.3 Å². The summed E-state index contributed by atoms with van der Waals surface area (Å²) in [5.74, 6) is 6.82. The number of rotatable bonds is 1. The van der Waals surface area contributed by atoms with Crippen molar-refractivity contribution in [3.05, 3.63) is 22.4 Å². The zero-order chi connectivity index (χ0) is 14.9. The van der Waals surface area contributed by atoms with Gasteiger partial charge < -0.3 is 5.73 Å². The van der Waals surface area contributed by atoms with Crippen LogP contribution in [0.5, 0.6) is 0 Å². The molecule has 2 fully saturated rings. The summed E-state index contributed by atoms with van der Waals surface area (Å²) in [6, 6.07) is 2.50. The molecule has 1 aromatic heterocycles. The second-order valence-corrected chi connectivity index (χ2v) is 7.42. The highest BCUT2D eigenvalue weighted by Crippen LogP contribution is 2.29. The van der Waals surface area contributed by atoms with Crippen LogP contribution in [0.3, 0.4) is 0 Å². The molecule has 0 bridgehead atoms. The smallest absolute Gasteiger partial charge is 0.149 e. The number of likely N-dealkylation sites (tertiary alicyclic amines) is 1. The van der Waals surface area contributed by atoms with Crippen LogP contribution < -0.4 is 16.6 Å². The van der Waals surface area contributed by atoms with Gasteiger partial charge in [0.05, 0.1) is 0 Å². The topological polar surface area (TPSA) is 53.3 Å². The number of piperidine rings is 1. The average molecular weight is 304 g/mol. The van der Waals surface area contributed by atoms with Gasteiger partial charge in [0.1, 0.15) is 5.66 Å². The summed E-state index contributed by atoms with van der Waals surface area (Å²) in [5.41, 5.74) is 13.8. The van der Waals surface area contributed by atoms with Crippen LogP contribution >= 0.6 is 11.3 Å². The Kier molecular flexibility index (Phi) is 4.08. The third kappa shape index (κ3) is 3.31. The van der Waals surface area contributed by atoms with Gasteiger partial charge in [-0.3, -0.25) is 10.3 Å². The van der Waals surface area contributed by atoms with Gasteiger partial charge in [-0.15, -0.1) is 0 Å². The quantitative estimate of drug-likeness (QED) is 0.688. The summed E-state index contributed by atoms with van der Waals surface area (Å²) in [6.07, 6.45) is 3.03. The minimum Gasteiger partial charge on any atom is -0.325 e. The molecule has 0 amide bonds. The maximum atomic E-state index is 6.26. The Balaban J connectivity index is 1.81. The van der Waals surface area contributed by atoms with Crippen molar-refractivity contribution in [1.82, 2.24) is 15.8 Å². The van der Waals surface area contributed by atoms with Gasteiger partial charge >= 0.3 is 0 Å². The summed E-state index contributed by atoms with van der Waals surface area (Å²) < 4.78 is 0. The van der Waals surface area contributed by atoms with Crippen LogP contribution in [0.4, 0.5) is 0 Å². The van der Waals surface area contributed by atoms with E-state index in [9.17, 15) is 0 Å². The van der Waals surface area contributed by atoms with Crippen LogP contribution in [0.25, 0.3) is 0 Å². The van der Waals surface area contributed by atoms with Crippen LogP contribution in [0, 0.1) is 11.8 Å². The number of nitrogens with two attached hydrogens (primary N) is 1. The lowest BCUT2D eigenvalue weighted by Crippen LogP contribution is -2.61. The van der Waals surface area contributed by atoms with E-state index in [-0.39, 0.29) is 11.2 Å². The first kappa shape index (κ1) is 15.0. The molecule has 0 spiro atoms. The number of hydrazine groups is 1. The lowest BCUT2D eigenvalue weighted by atomic mass is 9.88. The van der Waals surface area contributed by atoms with Gasteiger partial charge in [-0.25, -0.2) is 5.43 Å². The van der Waals surface area contributed by atoms with Crippen LogP contribution in [-0.4, -0.2) is 35.2 Å². The van der Waals surface area contributed by atoms with Crippen LogP contribution in [0.2, 0.25) is 0 Å². The van der Waals surface area contributed by atoms with Crippen molar-refractivity contribution in [3.63, 3.8) is 0 Å². The Labute approximate surface area is 131 Å². The lowest BCUT2D eigenvalue weighted by Gasteiger charge is -2.44. The van der Waals surface area contributed by atoms with E-state index in [1.807, 2.05) is 0 Å². The first-order valence-electron chi connectivity index (χ1n) is 7.61. The molecule has 4 nitrogen and oxygen atoms in total. The molecule has 3 heterocycles. The molecule has 21 heavy (non-hydrogen) atoms. The van der Waals surface area contributed by atoms with Crippen molar-refractivity contribution in [1.29, 1.82) is 0 Å². The van der Waals surface area contributed by atoms with Crippen molar-refractivity contribution in [3.8, 4) is 11.8 Å². The molecule has 4 N–H and O–H groups in total. The van der Waals surface area contributed by atoms with Gasteiger partial charge in [0.2, 0.25) is 0 Å². The number of thiophene rings is 1. The summed E-state index contributed by atoms with van der Waals surface area (Å²) in [7, 11) is 0.